The molecule has 6 aromatic carbocycles. The Kier molecular flexibility index (Phi) is 3.51. The lowest BCUT2D eigenvalue weighted by molar-refractivity contribution is 0.669. The number of nitrogens with zero attached hydrogens (tertiary/aromatic N) is 1. The van der Waals surface area contributed by atoms with Gasteiger partial charge in [-0.3, -0.25) is 0 Å². The highest BCUT2D eigenvalue weighted by molar-refractivity contribution is 6.14. The molecular weight excluding hydrogens is 478 g/mol. The Morgan fingerprint density at radius 2 is 1.18 bits per heavy atom. The van der Waals surface area contributed by atoms with Crippen molar-refractivity contribution in [2.75, 3.05) is 4.90 Å². The minimum absolute atomic E-state index is 0.0497. The van der Waals surface area contributed by atoms with E-state index < -0.39 is 24.2 Å². The van der Waals surface area contributed by atoms with Crippen LogP contribution in [0.2, 0.25) is 0 Å². The van der Waals surface area contributed by atoms with Crippen molar-refractivity contribution in [3.63, 3.8) is 0 Å². The minimum Gasteiger partial charge on any atom is -0.456 e. The van der Waals surface area contributed by atoms with Crippen LogP contribution in [0.15, 0.2) is 148 Å². The van der Waals surface area contributed by atoms with E-state index in [4.69, 9.17) is 17.1 Å². The molecule has 0 aliphatic rings. The molecule has 0 spiro atoms. The van der Waals surface area contributed by atoms with Crippen LogP contribution in [0.25, 0.3) is 55.0 Å². The standard InChI is InChI=1S/C36H23NO2/c1-2-9-24(10-3-1)25-17-19-26(20-18-25)37(27-21-22-29-28-11-4-6-14-32(28)39-35(29)23-27)31-13-8-16-34-36(31)30-12-5-7-15-33(30)38-34/h1-23H/i5D,7D,8D,12D,13D,15D,16D. The van der Waals surface area contributed by atoms with Crippen molar-refractivity contribution < 1.29 is 18.4 Å². The largest absolute Gasteiger partial charge is 0.456 e. The maximum absolute atomic E-state index is 9.20. The summed E-state index contributed by atoms with van der Waals surface area (Å²) in [5, 5.41) is 2.06. The van der Waals surface area contributed by atoms with Crippen molar-refractivity contribution >= 4 is 60.9 Å². The number of para-hydroxylation sites is 2. The first-order valence-corrected chi connectivity index (χ1v) is 12.5. The second-order valence-electron chi connectivity index (χ2n) is 9.26. The summed E-state index contributed by atoms with van der Waals surface area (Å²) in [4.78, 5) is 1.76. The highest BCUT2D eigenvalue weighted by Gasteiger charge is 2.20. The lowest BCUT2D eigenvalue weighted by Gasteiger charge is -2.26. The quantitative estimate of drug-likeness (QED) is 0.237. The summed E-state index contributed by atoms with van der Waals surface area (Å²) in [6.45, 7) is 0. The van der Waals surface area contributed by atoms with Crippen LogP contribution in [0.1, 0.15) is 9.60 Å². The van der Waals surface area contributed by atoms with Gasteiger partial charge in [0.2, 0.25) is 0 Å². The van der Waals surface area contributed by atoms with Crippen LogP contribution in [-0.2, 0) is 0 Å². The second-order valence-corrected chi connectivity index (χ2v) is 9.26. The van der Waals surface area contributed by atoms with Gasteiger partial charge in [0.25, 0.3) is 0 Å². The molecule has 8 aromatic rings. The summed E-state index contributed by atoms with van der Waals surface area (Å²) >= 11 is 0. The number of furan rings is 2. The molecule has 0 fully saturated rings. The highest BCUT2D eigenvalue weighted by Crippen LogP contribution is 2.44. The summed E-state index contributed by atoms with van der Waals surface area (Å²) in [6.07, 6.45) is 0. The van der Waals surface area contributed by atoms with E-state index in [1.807, 2.05) is 97.1 Å². The molecule has 39 heavy (non-hydrogen) atoms. The normalized spacial score (nSPS) is 14.1. The highest BCUT2D eigenvalue weighted by atomic mass is 16.3. The van der Waals surface area contributed by atoms with Crippen molar-refractivity contribution in [1.29, 1.82) is 0 Å². The Labute approximate surface area is 235 Å². The van der Waals surface area contributed by atoms with E-state index in [0.717, 1.165) is 27.5 Å². The van der Waals surface area contributed by atoms with Gasteiger partial charge in [0, 0.05) is 33.6 Å². The Morgan fingerprint density at radius 1 is 0.487 bits per heavy atom. The molecule has 0 saturated heterocycles. The fourth-order valence-corrected chi connectivity index (χ4v) is 5.21. The zero-order chi connectivity index (χ0) is 31.9. The molecule has 8 rings (SSSR count). The smallest absolute Gasteiger partial charge is 0.137 e. The predicted molar refractivity (Wildman–Crippen MR) is 161 cm³/mol. The number of hydrogen-bond donors (Lipinski definition) is 0. The predicted octanol–water partition coefficient (Wildman–Crippen LogP) is 10.6. The van der Waals surface area contributed by atoms with Crippen LogP contribution in [0, 0.1) is 0 Å². The van der Waals surface area contributed by atoms with Crippen molar-refractivity contribution in [2.24, 2.45) is 0 Å². The molecule has 3 nitrogen and oxygen atoms in total. The molecule has 184 valence electrons. The SMILES string of the molecule is [2H]c1c([2H])c([2H])c2c(oc3c([2H])c([2H])c([2H])c(N(c4ccc(-c5ccccc5)cc4)c4ccc5c(c4)oc4ccccc45)c32)c1[2H]. The van der Waals surface area contributed by atoms with Crippen LogP contribution >= 0.6 is 0 Å². The van der Waals surface area contributed by atoms with Gasteiger partial charge in [-0.05, 0) is 59.6 Å². The minimum atomic E-state index is -0.467. The summed E-state index contributed by atoms with van der Waals surface area (Å²) < 4.78 is 72.8. The number of benzene rings is 6. The van der Waals surface area contributed by atoms with E-state index in [0.29, 0.717) is 17.0 Å². The average molecular weight is 509 g/mol. The first-order valence-electron chi connectivity index (χ1n) is 16.0. The number of fused-ring (bicyclic) bond motifs is 6. The topological polar surface area (TPSA) is 29.5 Å². The molecule has 0 radical (unpaired) electrons. The molecule has 0 N–H and O–H groups in total. The van der Waals surface area contributed by atoms with Gasteiger partial charge in [-0.25, -0.2) is 0 Å². The molecule has 0 aliphatic heterocycles. The van der Waals surface area contributed by atoms with E-state index in [1.54, 1.807) is 4.90 Å². The zero-order valence-corrected chi connectivity index (χ0v) is 20.5. The fourth-order valence-electron chi connectivity index (χ4n) is 5.21. The number of hydrogen-bond acceptors (Lipinski definition) is 3. The summed E-state index contributed by atoms with van der Waals surface area (Å²) in [5.41, 5.74) is 4.47. The monoisotopic (exact) mass is 508 g/mol. The van der Waals surface area contributed by atoms with Gasteiger partial charge in [-0.15, -0.1) is 0 Å². The average Bonchev–Trinajstić information content (AvgIpc) is 3.67. The maximum Gasteiger partial charge on any atom is 0.137 e. The molecule has 0 unspecified atom stereocenters. The van der Waals surface area contributed by atoms with Crippen LogP contribution < -0.4 is 4.90 Å². The van der Waals surface area contributed by atoms with Crippen LogP contribution in [0.3, 0.4) is 0 Å². The van der Waals surface area contributed by atoms with Crippen molar-refractivity contribution in [2.45, 2.75) is 0 Å². The third kappa shape index (κ3) is 3.52. The van der Waals surface area contributed by atoms with E-state index in [-0.39, 0.29) is 45.8 Å². The van der Waals surface area contributed by atoms with Crippen LogP contribution in [0.4, 0.5) is 17.1 Å². The molecule has 0 bridgehead atoms. The van der Waals surface area contributed by atoms with E-state index in [9.17, 15) is 1.37 Å². The third-order valence-electron chi connectivity index (χ3n) is 7.00. The van der Waals surface area contributed by atoms with Crippen LogP contribution in [0.5, 0.6) is 0 Å². The lowest BCUT2D eigenvalue weighted by Crippen LogP contribution is -2.10. The Hall–Kier alpha value is -5.28. The Morgan fingerprint density at radius 3 is 2.08 bits per heavy atom. The van der Waals surface area contributed by atoms with Gasteiger partial charge < -0.3 is 13.7 Å². The Balaban J connectivity index is 1.47. The molecule has 0 amide bonds. The van der Waals surface area contributed by atoms with Gasteiger partial charge in [-0.1, -0.05) is 84.8 Å². The van der Waals surface area contributed by atoms with E-state index in [1.165, 1.54) is 0 Å². The van der Waals surface area contributed by atoms with Gasteiger partial charge in [0.1, 0.15) is 22.3 Å². The second kappa shape index (κ2) is 8.64. The lowest BCUT2D eigenvalue weighted by atomic mass is 10.0. The Bertz CT molecular complexity index is 2500. The molecule has 2 heterocycles. The van der Waals surface area contributed by atoms with Gasteiger partial charge >= 0.3 is 0 Å². The van der Waals surface area contributed by atoms with E-state index >= 15 is 0 Å². The molecule has 0 saturated carbocycles. The van der Waals surface area contributed by atoms with Crippen molar-refractivity contribution in [3.8, 4) is 11.1 Å². The molecule has 3 heteroatoms. The molecule has 2 aromatic heterocycles. The van der Waals surface area contributed by atoms with Gasteiger partial charge in [0.15, 0.2) is 0 Å². The summed E-state index contributed by atoms with van der Waals surface area (Å²) in [7, 11) is 0. The summed E-state index contributed by atoms with van der Waals surface area (Å²) in [5.74, 6) is 0. The maximum atomic E-state index is 9.20. The van der Waals surface area contributed by atoms with Crippen molar-refractivity contribution in [3.05, 3.63) is 139 Å². The third-order valence-corrected chi connectivity index (χ3v) is 7.00. The number of anilines is 3. The molecular formula is C36H23NO2. The van der Waals surface area contributed by atoms with Gasteiger partial charge in [-0.2, -0.15) is 0 Å². The first-order chi connectivity index (χ1) is 22.2. The van der Waals surface area contributed by atoms with Crippen LogP contribution in [-0.4, -0.2) is 0 Å². The molecule has 0 atom stereocenters. The van der Waals surface area contributed by atoms with E-state index in [2.05, 4.69) is 0 Å². The zero-order valence-electron chi connectivity index (χ0n) is 27.5. The van der Waals surface area contributed by atoms with Crippen molar-refractivity contribution in [1.82, 2.24) is 0 Å². The number of rotatable bonds is 4. The fraction of sp³-hybridized carbons (Fsp3) is 0. The summed E-state index contributed by atoms with van der Waals surface area (Å²) in [6, 6.07) is 28.3. The first kappa shape index (κ1) is 15.9. The van der Waals surface area contributed by atoms with Gasteiger partial charge in [0.05, 0.1) is 20.7 Å². The molecule has 0 aliphatic carbocycles.